The van der Waals surface area contributed by atoms with E-state index < -0.39 is 28.9 Å². The second kappa shape index (κ2) is 5.99. The monoisotopic (exact) mass is 301 g/mol. The number of rotatable bonds is 3. The van der Waals surface area contributed by atoms with Crippen LogP contribution in [0.1, 0.15) is 29.6 Å². The van der Waals surface area contributed by atoms with E-state index in [-0.39, 0.29) is 6.04 Å². The zero-order valence-corrected chi connectivity index (χ0v) is 12.2. The van der Waals surface area contributed by atoms with E-state index in [9.17, 15) is 18.7 Å². The lowest BCUT2D eigenvalue weighted by Gasteiger charge is -2.25. The molecule has 0 bridgehead atoms. The lowest BCUT2D eigenvalue weighted by atomic mass is 10.1. The van der Waals surface area contributed by atoms with Crippen molar-refractivity contribution < 1.29 is 18.7 Å². The quantitative estimate of drug-likeness (QED) is 0.933. The van der Waals surface area contributed by atoms with Gasteiger partial charge in [0, 0.05) is 30.5 Å². The highest BCUT2D eigenvalue weighted by molar-refractivity contribution is 7.99. The molecule has 0 aromatic heterocycles. The average Bonchev–Trinajstić information content (AvgIpc) is 2.85. The Bertz CT molecular complexity index is 501. The molecule has 1 fully saturated rings. The molecule has 1 N–H and O–H groups in total. The number of phenols is 1. The summed E-state index contributed by atoms with van der Waals surface area (Å²) in [7, 11) is 1.60. The van der Waals surface area contributed by atoms with E-state index in [2.05, 4.69) is 0 Å². The summed E-state index contributed by atoms with van der Waals surface area (Å²) in [6.45, 7) is 0. The third-order valence-electron chi connectivity index (χ3n) is 3.81. The molecule has 1 amide bonds. The van der Waals surface area contributed by atoms with Crippen LogP contribution in [0.2, 0.25) is 0 Å². The van der Waals surface area contributed by atoms with Crippen LogP contribution in [0.15, 0.2) is 12.1 Å². The van der Waals surface area contributed by atoms with E-state index in [0.29, 0.717) is 11.3 Å². The van der Waals surface area contributed by atoms with Gasteiger partial charge in [-0.1, -0.05) is 0 Å². The van der Waals surface area contributed by atoms with Gasteiger partial charge in [-0.25, -0.2) is 8.78 Å². The maximum Gasteiger partial charge on any atom is 0.260 e. The standard InChI is InChI=1S/C14H17F2NO2S/c1-17(9-3-4-10(7-9)20-2)14(19)13-11(16)5-8(15)6-12(13)18/h5-6,9-10,18H,3-4,7H2,1-2H3/t9-,10-/m1/s1. The second-order valence-electron chi connectivity index (χ2n) is 5.02. The van der Waals surface area contributed by atoms with Gasteiger partial charge in [0.05, 0.1) is 0 Å². The number of phenolic OH excluding ortho intramolecular Hbond substituents is 1. The first kappa shape index (κ1) is 15.1. The molecule has 1 aromatic rings. The number of amides is 1. The molecule has 3 nitrogen and oxygen atoms in total. The predicted octanol–water partition coefficient (Wildman–Crippen LogP) is 3.03. The third kappa shape index (κ3) is 2.90. The van der Waals surface area contributed by atoms with E-state index >= 15 is 0 Å². The lowest BCUT2D eigenvalue weighted by molar-refractivity contribution is 0.0727. The summed E-state index contributed by atoms with van der Waals surface area (Å²) in [5.74, 6) is -3.19. The first-order valence-corrected chi connectivity index (χ1v) is 7.70. The van der Waals surface area contributed by atoms with Crippen LogP contribution in [0.3, 0.4) is 0 Å². The minimum absolute atomic E-state index is 0.0313. The van der Waals surface area contributed by atoms with Crippen LogP contribution in [0, 0.1) is 11.6 Å². The van der Waals surface area contributed by atoms with Crippen LogP contribution in [0.5, 0.6) is 5.75 Å². The van der Waals surface area contributed by atoms with Crippen molar-refractivity contribution in [2.45, 2.75) is 30.6 Å². The zero-order chi connectivity index (χ0) is 14.9. The van der Waals surface area contributed by atoms with Crippen molar-refractivity contribution in [2.75, 3.05) is 13.3 Å². The number of hydrogen-bond acceptors (Lipinski definition) is 3. The Morgan fingerprint density at radius 3 is 2.65 bits per heavy atom. The molecular weight excluding hydrogens is 284 g/mol. The van der Waals surface area contributed by atoms with Gasteiger partial charge in [-0.3, -0.25) is 4.79 Å². The van der Waals surface area contributed by atoms with Crippen molar-refractivity contribution in [1.82, 2.24) is 4.90 Å². The molecule has 2 atom stereocenters. The summed E-state index contributed by atoms with van der Waals surface area (Å²) < 4.78 is 26.6. The molecule has 0 unspecified atom stereocenters. The summed E-state index contributed by atoms with van der Waals surface area (Å²) in [5.41, 5.74) is -0.457. The smallest absolute Gasteiger partial charge is 0.260 e. The Morgan fingerprint density at radius 1 is 1.40 bits per heavy atom. The fraction of sp³-hybridized carbons (Fsp3) is 0.500. The van der Waals surface area contributed by atoms with Gasteiger partial charge in [0.25, 0.3) is 5.91 Å². The van der Waals surface area contributed by atoms with Crippen molar-refractivity contribution in [3.8, 4) is 5.75 Å². The molecule has 1 aliphatic carbocycles. The van der Waals surface area contributed by atoms with E-state index in [1.807, 2.05) is 6.26 Å². The fourth-order valence-electron chi connectivity index (χ4n) is 2.60. The van der Waals surface area contributed by atoms with Crippen LogP contribution in [-0.4, -0.2) is 40.5 Å². The molecule has 1 aliphatic rings. The summed E-state index contributed by atoms with van der Waals surface area (Å²) in [4.78, 5) is 13.7. The number of aromatic hydroxyl groups is 1. The maximum absolute atomic E-state index is 13.7. The molecule has 1 aromatic carbocycles. The molecule has 110 valence electrons. The van der Waals surface area contributed by atoms with Crippen molar-refractivity contribution >= 4 is 17.7 Å². The van der Waals surface area contributed by atoms with Gasteiger partial charge in [0.15, 0.2) is 0 Å². The molecule has 0 aliphatic heterocycles. The van der Waals surface area contributed by atoms with Gasteiger partial charge < -0.3 is 10.0 Å². The summed E-state index contributed by atoms with van der Waals surface area (Å²) in [6, 6.07) is 1.40. The number of nitrogens with zero attached hydrogens (tertiary/aromatic N) is 1. The summed E-state index contributed by atoms with van der Waals surface area (Å²) in [6.07, 6.45) is 4.76. The fourth-order valence-corrected chi connectivity index (χ4v) is 3.38. The molecule has 6 heteroatoms. The second-order valence-corrected chi connectivity index (χ2v) is 6.16. The van der Waals surface area contributed by atoms with Crippen molar-refractivity contribution in [2.24, 2.45) is 0 Å². The van der Waals surface area contributed by atoms with Crippen molar-refractivity contribution in [1.29, 1.82) is 0 Å². The van der Waals surface area contributed by atoms with E-state index in [1.54, 1.807) is 18.8 Å². The zero-order valence-electron chi connectivity index (χ0n) is 11.4. The Balaban J connectivity index is 2.19. The minimum Gasteiger partial charge on any atom is -0.507 e. The van der Waals surface area contributed by atoms with Gasteiger partial charge in [-0.2, -0.15) is 11.8 Å². The van der Waals surface area contributed by atoms with Gasteiger partial charge in [0.2, 0.25) is 0 Å². The molecule has 2 rings (SSSR count). The lowest BCUT2D eigenvalue weighted by Crippen LogP contribution is -2.36. The van der Waals surface area contributed by atoms with Crippen LogP contribution in [0.25, 0.3) is 0 Å². The average molecular weight is 301 g/mol. The molecule has 0 heterocycles. The number of thioether (sulfide) groups is 1. The highest BCUT2D eigenvalue weighted by Crippen LogP contribution is 2.32. The van der Waals surface area contributed by atoms with Gasteiger partial charge in [-0.05, 0) is 25.5 Å². The largest absolute Gasteiger partial charge is 0.507 e. The van der Waals surface area contributed by atoms with E-state index in [1.165, 1.54) is 4.90 Å². The molecule has 0 saturated heterocycles. The summed E-state index contributed by atoms with van der Waals surface area (Å²) in [5, 5.41) is 10.1. The molecular formula is C14H17F2NO2S. The molecule has 20 heavy (non-hydrogen) atoms. The first-order chi connectivity index (χ1) is 9.43. The Kier molecular flexibility index (Phi) is 4.52. The van der Waals surface area contributed by atoms with Gasteiger partial charge in [0.1, 0.15) is 22.9 Å². The Morgan fingerprint density at radius 2 is 2.10 bits per heavy atom. The predicted molar refractivity (Wildman–Crippen MR) is 75.1 cm³/mol. The minimum atomic E-state index is -1.03. The molecule has 1 saturated carbocycles. The number of halogens is 2. The SMILES string of the molecule is CS[C@@H]1CC[C@@H](N(C)C(=O)c2c(O)cc(F)cc2F)C1. The Labute approximate surface area is 121 Å². The number of benzene rings is 1. The van der Waals surface area contributed by atoms with Crippen molar-refractivity contribution in [3.05, 3.63) is 29.3 Å². The van der Waals surface area contributed by atoms with Gasteiger partial charge >= 0.3 is 0 Å². The van der Waals surface area contributed by atoms with E-state index in [4.69, 9.17) is 0 Å². The van der Waals surface area contributed by atoms with Crippen LogP contribution in [-0.2, 0) is 0 Å². The molecule has 0 radical (unpaired) electrons. The van der Waals surface area contributed by atoms with Crippen LogP contribution < -0.4 is 0 Å². The molecule has 0 spiro atoms. The topological polar surface area (TPSA) is 40.5 Å². The normalized spacial score (nSPS) is 22.0. The first-order valence-electron chi connectivity index (χ1n) is 6.42. The van der Waals surface area contributed by atoms with Gasteiger partial charge in [-0.15, -0.1) is 0 Å². The Hall–Kier alpha value is -1.30. The highest BCUT2D eigenvalue weighted by atomic mass is 32.2. The number of carbonyl (C=O) groups excluding carboxylic acids is 1. The highest BCUT2D eigenvalue weighted by Gasteiger charge is 2.32. The van der Waals surface area contributed by atoms with Crippen LogP contribution in [0.4, 0.5) is 8.78 Å². The van der Waals surface area contributed by atoms with Crippen LogP contribution >= 0.6 is 11.8 Å². The number of carbonyl (C=O) groups is 1. The van der Waals surface area contributed by atoms with Crippen molar-refractivity contribution in [3.63, 3.8) is 0 Å². The number of hydrogen-bond donors (Lipinski definition) is 1. The van der Waals surface area contributed by atoms with E-state index in [0.717, 1.165) is 25.3 Å². The third-order valence-corrected chi connectivity index (χ3v) is 4.90. The maximum atomic E-state index is 13.7. The summed E-state index contributed by atoms with van der Waals surface area (Å²) >= 11 is 1.76.